The van der Waals surface area contributed by atoms with Crippen molar-refractivity contribution in [2.75, 3.05) is 11.1 Å². The van der Waals surface area contributed by atoms with E-state index in [9.17, 15) is 4.79 Å². The van der Waals surface area contributed by atoms with Crippen LogP contribution >= 0.6 is 11.3 Å². The number of rotatable bonds is 3. The molecular formula is C8H13N3OS. The first-order valence-corrected chi connectivity index (χ1v) is 4.86. The van der Waals surface area contributed by atoms with E-state index in [1.807, 2.05) is 13.8 Å². The van der Waals surface area contributed by atoms with E-state index in [-0.39, 0.29) is 5.78 Å². The van der Waals surface area contributed by atoms with Crippen molar-refractivity contribution in [2.45, 2.75) is 26.8 Å². The molecule has 0 aliphatic heterocycles. The van der Waals surface area contributed by atoms with Crippen molar-refractivity contribution in [1.82, 2.24) is 4.98 Å². The van der Waals surface area contributed by atoms with Crippen LogP contribution in [0.25, 0.3) is 0 Å². The monoisotopic (exact) mass is 199 g/mol. The van der Waals surface area contributed by atoms with Gasteiger partial charge in [-0.1, -0.05) is 11.3 Å². The Morgan fingerprint density at radius 3 is 2.62 bits per heavy atom. The number of nitrogens with one attached hydrogen (secondary N) is 1. The van der Waals surface area contributed by atoms with E-state index in [2.05, 4.69) is 10.3 Å². The predicted octanol–water partition coefficient (Wildman–Crippen LogP) is 1.75. The van der Waals surface area contributed by atoms with Crippen LogP contribution in [-0.2, 0) is 0 Å². The van der Waals surface area contributed by atoms with E-state index in [1.54, 1.807) is 0 Å². The van der Waals surface area contributed by atoms with Crippen LogP contribution in [0.3, 0.4) is 0 Å². The second kappa shape index (κ2) is 3.74. The Kier molecular flexibility index (Phi) is 2.87. The molecule has 5 heteroatoms. The van der Waals surface area contributed by atoms with Crippen LogP contribution in [0.2, 0.25) is 0 Å². The minimum Gasteiger partial charge on any atom is -0.382 e. The molecule has 0 bridgehead atoms. The van der Waals surface area contributed by atoms with Gasteiger partial charge >= 0.3 is 0 Å². The smallest absolute Gasteiger partial charge is 0.185 e. The first kappa shape index (κ1) is 9.98. The van der Waals surface area contributed by atoms with Gasteiger partial charge in [0.15, 0.2) is 10.9 Å². The lowest BCUT2D eigenvalue weighted by molar-refractivity contribution is 0.102. The maximum Gasteiger partial charge on any atom is 0.185 e. The number of aromatic nitrogens is 1. The molecule has 3 N–H and O–H groups in total. The fourth-order valence-electron chi connectivity index (χ4n) is 0.893. The minimum absolute atomic E-state index is 0.0354. The Labute approximate surface area is 81.2 Å². The summed E-state index contributed by atoms with van der Waals surface area (Å²) < 4.78 is 0. The summed E-state index contributed by atoms with van der Waals surface area (Å²) in [6.07, 6.45) is 0. The molecule has 0 spiro atoms. The molecule has 72 valence electrons. The lowest BCUT2D eigenvalue weighted by atomic mass is 10.4. The third kappa shape index (κ3) is 2.42. The summed E-state index contributed by atoms with van der Waals surface area (Å²) in [5.74, 6) is 0.285. The molecule has 13 heavy (non-hydrogen) atoms. The van der Waals surface area contributed by atoms with Gasteiger partial charge < -0.3 is 11.1 Å². The molecule has 0 unspecified atom stereocenters. The standard InChI is InChI=1S/C8H13N3OS/c1-4(2)10-8-11-7(9)6(13-8)5(3)12/h4H,9H2,1-3H3,(H,10,11). The Balaban J connectivity index is 2.89. The van der Waals surface area contributed by atoms with E-state index >= 15 is 0 Å². The number of anilines is 2. The number of nitrogens with two attached hydrogens (primary N) is 1. The van der Waals surface area contributed by atoms with Gasteiger partial charge in [0.25, 0.3) is 0 Å². The number of carbonyl (C=O) groups is 1. The summed E-state index contributed by atoms with van der Waals surface area (Å²) in [5, 5.41) is 3.80. The van der Waals surface area contributed by atoms with E-state index < -0.39 is 0 Å². The van der Waals surface area contributed by atoms with Crippen LogP contribution in [0.4, 0.5) is 10.9 Å². The number of hydrogen-bond acceptors (Lipinski definition) is 5. The number of Topliss-reactive ketones (excluding diaryl/α,β-unsaturated/α-hetero) is 1. The average Bonchev–Trinajstić information content (AvgIpc) is 2.29. The number of ketones is 1. The minimum atomic E-state index is -0.0354. The zero-order valence-electron chi connectivity index (χ0n) is 7.92. The number of nitrogens with zero attached hydrogens (tertiary/aromatic N) is 1. The van der Waals surface area contributed by atoms with Crippen LogP contribution in [0.1, 0.15) is 30.4 Å². The lowest BCUT2D eigenvalue weighted by Crippen LogP contribution is -2.09. The third-order valence-corrected chi connectivity index (χ3v) is 2.49. The number of nitrogen functional groups attached to an aromatic ring is 1. The Bertz CT molecular complexity index is 319. The zero-order valence-corrected chi connectivity index (χ0v) is 8.73. The predicted molar refractivity (Wildman–Crippen MR) is 55.3 cm³/mol. The molecule has 1 aromatic rings. The van der Waals surface area contributed by atoms with Gasteiger partial charge in [-0.3, -0.25) is 4.79 Å². The van der Waals surface area contributed by atoms with Gasteiger partial charge in [-0.2, -0.15) is 0 Å². The molecule has 0 fully saturated rings. The number of thiazole rings is 1. The fourth-order valence-corrected chi connectivity index (χ4v) is 1.82. The SMILES string of the molecule is CC(=O)c1sc(NC(C)C)nc1N. The quantitative estimate of drug-likeness (QED) is 0.728. The summed E-state index contributed by atoms with van der Waals surface area (Å²) in [6, 6.07) is 0.297. The van der Waals surface area contributed by atoms with Crippen molar-refractivity contribution in [1.29, 1.82) is 0 Å². The second-order valence-corrected chi connectivity index (χ2v) is 4.09. The third-order valence-electron chi connectivity index (χ3n) is 1.39. The van der Waals surface area contributed by atoms with Crippen LogP contribution in [-0.4, -0.2) is 16.8 Å². The molecule has 0 amide bonds. The molecule has 1 aromatic heterocycles. The van der Waals surface area contributed by atoms with Crippen LogP contribution in [0, 0.1) is 0 Å². The van der Waals surface area contributed by atoms with Gasteiger partial charge in [0.1, 0.15) is 10.7 Å². The van der Waals surface area contributed by atoms with E-state index in [0.29, 0.717) is 21.9 Å². The summed E-state index contributed by atoms with van der Waals surface area (Å²) in [5.41, 5.74) is 5.56. The summed E-state index contributed by atoms with van der Waals surface area (Å²) in [4.78, 5) is 15.6. The second-order valence-electron chi connectivity index (χ2n) is 3.09. The largest absolute Gasteiger partial charge is 0.382 e. The Hall–Kier alpha value is -1.10. The Morgan fingerprint density at radius 2 is 2.23 bits per heavy atom. The van der Waals surface area contributed by atoms with Crippen LogP contribution < -0.4 is 11.1 Å². The van der Waals surface area contributed by atoms with Gasteiger partial charge in [-0.25, -0.2) is 4.98 Å². The average molecular weight is 199 g/mol. The van der Waals surface area contributed by atoms with Gasteiger partial charge in [-0.05, 0) is 13.8 Å². The van der Waals surface area contributed by atoms with Crippen molar-refractivity contribution in [3.05, 3.63) is 4.88 Å². The molecule has 1 heterocycles. The highest BCUT2D eigenvalue weighted by Gasteiger charge is 2.12. The molecule has 0 radical (unpaired) electrons. The van der Waals surface area contributed by atoms with Crippen molar-refractivity contribution in [3.63, 3.8) is 0 Å². The molecule has 4 nitrogen and oxygen atoms in total. The molecule has 0 aliphatic carbocycles. The molecule has 0 aromatic carbocycles. The maximum absolute atomic E-state index is 11.0. The number of hydrogen-bond donors (Lipinski definition) is 2. The maximum atomic E-state index is 11.0. The number of carbonyl (C=O) groups excluding carboxylic acids is 1. The molecular weight excluding hydrogens is 186 g/mol. The fraction of sp³-hybridized carbons (Fsp3) is 0.500. The molecule has 0 saturated heterocycles. The first-order chi connectivity index (χ1) is 6.00. The van der Waals surface area contributed by atoms with Crippen LogP contribution in [0.5, 0.6) is 0 Å². The van der Waals surface area contributed by atoms with Crippen molar-refractivity contribution < 1.29 is 4.79 Å². The highest BCUT2D eigenvalue weighted by molar-refractivity contribution is 7.18. The first-order valence-electron chi connectivity index (χ1n) is 4.04. The lowest BCUT2D eigenvalue weighted by Gasteiger charge is -2.03. The highest BCUT2D eigenvalue weighted by atomic mass is 32.1. The summed E-state index contributed by atoms with van der Waals surface area (Å²) in [7, 11) is 0. The molecule has 1 rings (SSSR count). The topological polar surface area (TPSA) is 68.0 Å². The zero-order chi connectivity index (χ0) is 10.0. The van der Waals surface area contributed by atoms with Crippen molar-refractivity contribution in [2.24, 2.45) is 0 Å². The molecule has 0 atom stereocenters. The highest BCUT2D eigenvalue weighted by Crippen LogP contribution is 2.25. The molecule has 0 aliphatic rings. The van der Waals surface area contributed by atoms with Gasteiger partial charge in [0.2, 0.25) is 0 Å². The van der Waals surface area contributed by atoms with E-state index in [1.165, 1.54) is 18.3 Å². The summed E-state index contributed by atoms with van der Waals surface area (Å²) >= 11 is 1.30. The van der Waals surface area contributed by atoms with Crippen molar-refractivity contribution >= 4 is 28.1 Å². The van der Waals surface area contributed by atoms with E-state index in [0.717, 1.165) is 0 Å². The molecule has 0 saturated carbocycles. The van der Waals surface area contributed by atoms with Gasteiger partial charge in [-0.15, -0.1) is 0 Å². The van der Waals surface area contributed by atoms with Gasteiger partial charge in [0, 0.05) is 13.0 Å². The Morgan fingerprint density at radius 1 is 1.62 bits per heavy atom. The van der Waals surface area contributed by atoms with E-state index in [4.69, 9.17) is 5.73 Å². The van der Waals surface area contributed by atoms with Crippen LogP contribution in [0.15, 0.2) is 0 Å². The van der Waals surface area contributed by atoms with Gasteiger partial charge in [0.05, 0.1) is 0 Å². The van der Waals surface area contributed by atoms with Crippen molar-refractivity contribution in [3.8, 4) is 0 Å². The summed E-state index contributed by atoms with van der Waals surface area (Å²) in [6.45, 7) is 5.50. The normalized spacial score (nSPS) is 10.5.